The number of rotatable bonds is 2. The molecule has 0 saturated heterocycles. The zero-order valence-electron chi connectivity index (χ0n) is 3.10. The van der Waals surface area contributed by atoms with Crippen LogP contribution in [0.1, 0.15) is 0 Å². The predicted octanol–water partition coefficient (Wildman–Crippen LogP) is 0.395. The van der Waals surface area contributed by atoms with Crippen LogP contribution in [0.2, 0.25) is 0 Å². The van der Waals surface area contributed by atoms with E-state index in [1.165, 1.54) is 0 Å². The van der Waals surface area contributed by atoms with E-state index in [9.17, 15) is 0 Å². The van der Waals surface area contributed by atoms with Crippen molar-refractivity contribution in [3.05, 3.63) is 10.3 Å². The van der Waals surface area contributed by atoms with E-state index in [4.69, 9.17) is 2.77 Å². The first-order valence-electron chi connectivity index (χ1n) is 1.22. The van der Waals surface area contributed by atoms with Crippen LogP contribution in [-0.2, 0) is 2.77 Å². The Morgan fingerprint density at radius 3 is 2.60 bits per heavy atom. The molecule has 0 aromatic rings. The molecule has 0 aromatic carbocycles. The summed E-state index contributed by atoms with van der Waals surface area (Å²) in [5.74, 6) is 0. The van der Waals surface area contributed by atoms with Gasteiger partial charge in [0.25, 0.3) is 0 Å². The van der Waals surface area contributed by atoms with Crippen molar-refractivity contribution in [1.82, 2.24) is 0 Å². The van der Waals surface area contributed by atoms with Crippen LogP contribution in [0, 0.1) is 0 Å². The zero-order valence-corrected chi connectivity index (χ0v) is 6.28. The van der Waals surface area contributed by atoms with Crippen LogP contribution in [0.5, 0.6) is 0 Å². The molecule has 1 nitrogen and oxygen atoms in total. The Hall–Kier alpha value is 0.596. The summed E-state index contributed by atoms with van der Waals surface area (Å²) in [5, 5.41) is 0. The van der Waals surface area contributed by atoms with Gasteiger partial charge in [-0.25, -0.2) is 0 Å². The van der Waals surface area contributed by atoms with Gasteiger partial charge in [0.15, 0.2) is 0 Å². The van der Waals surface area contributed by atoms with Gasteiger partial charge in [0.05, 0.1) is 0 Å². The van der Waals surface area contributed by atoms with Gasteiger partial charge in [-0.15, -0.1) is 0 Å². The second kappa shape index (κ2) is 4.60. The first-order chi connectivity index (χ1) is 2.41. The maximum absolute atomic E-state index is 4.74. The fraction of sp³-hybridized carbons (Fsp3) is 0.333. The molecular weight excluding hydrogens is 261 g/mol. The molecule has 0 aliphatic heterocycles. The van der Waals surface area contributed by atoms with Gasteiger partial charge in [0.2, 0.25) is 0 Å². The van der Waals surface area contributed by atoms with Crippen molar-refractivity contribution in [3.63, 3.8) is 0 Å². The molecule has 0 spiro atoms. The third-order valence-corrected chi connectivity index (χ3v) is 1.44. The zero-order chi connectivity index (χ0) is 4.12. The van der Waals surface area contributed by atoms with E-state index in [0.717, 1.165) is 0 Å². The van der Waals surface area contributed by atoms with Crippen molar-refractivity contribution in [2.45, 2.75) is 0 Å². The predicted molar refractivity (Wildman–Crippen MR) is 23.0 cm³/mol. The van der Waals surface area contributed by atoms with E-state index in [1.807, 2.05) is 3.73 Å². The average Bonchev–Trinajstić information content (AvgIpc) is 1.41. The third kappa shape index (κ3) is 4.60. The normalized spacial score (nSPS) is 7.40. The van der Waals surface area contributed by atoms with E-state index >= 15 is 0 Å². The van der Waals surface area contributed by atoms with Gasteiger partial charge >= 0.3 is 44.2 Å². The van der Waals surface area contributed by atoms with E-state index in [2.05, 4.69) is 6.58 Å². The Kier molecular flexibility index (Phi) is 5.14. The first-order valence-corrected chi connectivity index (χ1v) is 4.35. The molecule has 0 heterocycles. The monoisotopic (exact) mass is 267 g/mol. The fourth-order valence-corrected chi connectivity index (χ4v) is 0.597. The molecule has 0 fully saturated rings. The summed E-state index contributed by atoms with van der Waals surface area (Å²) in [7, 11) is 1.71. The number of hydrogen-bond acceptors (Lipinski definition) is 1. The second-order valence-corrected chi connectivity index (χ2v) is 3.77. The topological polar surface area (TPSA) is 9.23 Å². The van der Waals surface area contributed by atoms with Crippen LogP contribution < -0.4 is 0 Å². The average molecular weight is 267 g/mol. The molecular formula is C3H6OPo. The summed E-state index contributed by atoms with van der Waals surface area (Å²) in [4.78, 5) is 0. The summed E-state index contributed by atoms with van der Waals surface area (Å²) in [5.41, 5.74) is 0. The summed E-state index contributed by atoms with van der Waals surface area (Å²) in [6.45, 7) is 3.50. The van der Waals surface area contributed by atoms with Crippen molar-refractivity contribution in [2.75, 3.05) is 7.11 Å². The SMILES string of the molecule is C=[CH][Po][O]C. The van der Waals surface area contributed by atoms with Gasteiger partial charge in [-0.05, 0) is 0 Å². The summed E-state index contributed by atoms with van der Waals surface area (Å²) in [6, 6.07) is 0. The first kappa shape index (κ1) is 5.60. The minimum absolute atomic E-state index is 0.495. The Labute approximate surface area is 44.4 Å². The molecule has 0 unspecified atom stereocenters. The number of hydrogen-bond donors (Lipinski definition) is 0. The Bertz CT molecular complexity index is 28.1. The molecule has 0 aliphatic carbocycles. The molecule has 0 rings (SSSR count). The Morgan fingerprint density at radius 2 is 2.60 bits per heavy atom. The van der Waals surface area contributed by atoms with Crippen LogP contribution in [0.25, 0.3) is 0 Å². The molecule has 0 atom stereocenters. The van der Waals surface area contributed by atoms with Gasteiger partial charge < -0.3 is 0 Å². The van der Waals surface area contributed by atoms with Crippen molar-refractivity contribution >= 4 is 24.0 Å². The standard InChI is InChI=1S/C2H3.CH3O.Po/c2*1-2;/h1H,2H2;1H3;/q;-1;+1. The van der Waals surface area contributed by atoms with Crippen molar-refractivity contribution in [3.8, 4) is 0 Å². The van der Waals surface area contributed by atoms with Crippen LogP contribution in [0.4, 0.5) is 0 Å². The molecule has 30 valence electrons. The maximum atomic E-state index is 4.74. The quantitative estimate of drug-likeness (QED) is 0.703. The van der Waals surface area contributed by atoms with E-state index in [1.54, 1.807) is 7.11 Å². The molecule has 0 N–H and O–H groups in total. The molecule has 0 bridgehead atoms. The molecule has 0 aliphatic rings. The Balaban J connectivity index is 2.40. The van der Waals surface area contributed by atoms with Crippen LogP contribution in [0.3, 0.4) is 0 Å². The van der Waals surface area contributed by atoms with Crippen LogP contribution in [0.15, 0.2) is 10.3 Å². The van der Waals surface area contributed by atoms with Crippen molar-refractivity contribution in [2.24, 2.45) is 0 Å². The molecule has 2 heteroatoms. The molecule has 0 aromatic heterocycles. The third-order valence-electron chi connectivity index (χ3n) is 0.164. The summed E-state index contributed by atoms with van der Waals surface area (Å²) < 4.78 is 6.61. The minimum atomic E-state index is -0.495. The van der Waals surface area contributed by atoms with Gasteiger partial charge in [0.1, 0.15) is 0 Å². The van der Waals surface area contributed by atoms with Crippen LogP contribution in [-0.4, -0.2) is 31.1 Å². The molecule has 5 heavy (non-hydrogen) atoms. The summed E-state index contributed by atoms with van der Waals surface area (Å²) in [6.07, 6.45) is 0. The fourth-order valence-electron chi connectivity index (χ4n) is 0.0680. The Morgan fingerprint density at radius 1 is 2.00 bits per heavy atom. The van der Waals surface area contributed by atoms with E-state index in [-0.39, 0.29) is 0 Å². The van der Waals surface area contributed by atoms with Crippen molar-refractivity contribution in [1.29, 1.82) is 0 Å². The van der Waals surface area contributed by atoms with Crippen LogP contribution >= 0.6 is 0 Å². The molecule has 0 amide bonds. The van der Waals surface area contributed by atoms with Gasteiger partial charge in [-0.3, -0.25) is 0 Å². The summed E-state index contributed by atoms with van der Waals surface area (Å²) >= 11 is -0.495. The molecule has 0 radical (unpaired) electrons. The van der Waals surface area contributed by atoms with E-state index in [0.29, 0.717) is 0 Å². The van der Waals surface area contributed by atoms with Gasteiger partial charge in [-0.1, -0.05) is 0 Å². The van der Waals surface area contributed by atoms with Gasteiger partial charge in [-0.2, -0.15) is 0 Å². The second-order valence-electron chi connectivity index (χ2n) is 0.430. The van der Waals surface area contributed by atoms with E-state index < -0.39 is 24.0 Å². The van der Waals surface area contributed by atoms with Crippen molar-refractivity contribution < 1.29 is 2.77 Å². The van der Waals surface area contributed by atoms with Gasteiger partial charge in [0, 0.05) is 0 Å². The molecule has 0 saturated carbocycles.